The smallest absolute Gasteiger partial charge is 0.338 e. The number of furan rings is 1. The van der Waals surface area contributed by atoms with Crippen molar-refractivity contribution in [1.82, 2.24) is 4.57 Å². The van der Waals surface area contributed by atoms with Gasteiger partial charge in [0, 0.05) is 6.20 Å². The van der Waals surface area contributed by atoms with Crippen molar-refractivity contribution in [3.05, 3.63) is 60.9 Å². The number of aromatic carboxylic acids is 1. The third kappa shape index (κ3) is 2.77. The minimum Gasteiger partial charge on any atom is -0.478 e. The molecule has 2 aromatic heterocycles. The summed E-state index contributed by atoms with van der Waals surface area (Å²) in [6, 6.07) is 1.31. The number of carbonyl (C=O) groups is 1. The average Bonchev–Trinajstić information content (AvgIpc) is 2.81. The first-order valence-electron chi connectivity index (χ1n) is 5.23. The fourth-order valence-corrected chi connectivity index (χ4v) is 2.02. The number of aromatic nitrogens is 1. The van der Waals surface area contributed by atoms with Gasteiger partial charge in [-0.15, -0.1) is 0 Å². The molecule has 0 aliphatic rings. The van der Waals surface area contributed by atoms with E-state index in [9.17, 15) is 19.7 Å². The fourth-order valence-electron chi connectivity index (χ4n) is 1.56. The highest BCUT2D eigenvalue weighted by molar-refractivity contribution is 9.10. The van der Waals surface area contributed by atoms with Crippen LogP contribution in [0.2, 0.25) is 0 Å². The molecule has 8 nitrogen and oxygen atoms in total. The van der Waals surface area contributed by atoms with E-state index >= 15 is 0 Å². The Morgan fingerprint density at radius 3 is 2.75 bits per heavy atom. The molecule has 0 aliphatic heterocycles. The van der Waals surface area contributed by atoms with Crippen LogP contribution in [-0.2, 0) is 6.54 Å². The van der Waals surface area contributed by atoms with E-state index in [1.807, 2.05) is 0 Å². The number of hydrogen-bond donors (Lipinski definition) is 1. The van der Waals surface area contributed by atoms with Gasteiger partial charge < -0.3 is 14.1 Å². The molecule has 0 radical (unpaired) electrons. The van der Waals surface area contributed by atoms with Gasteiger partial charge in [-0.1, -0.05) is 0 Å². The molecule has 0 fully saturated rings. The van der Waals surface area contributed by atoms with Crippen molar-refractivity contribution in [3.63, 3.8) is 0 Å². The summed E-state index contributed by atoms with van der Waals surface area (Å²) < 4.78 is 6.43. The van der Waals surface area contributed by atoms with Gasteiger partial charge in [-0.25, -0.2) is 4.79 Å². The molecular weight excluding hydrogens is 336 g/mol. The number of carboxylic acid groups (broad SMARTS) is 1. The van der Waals surface area contributed by atoms with Crippen LogP contribution in [0.3, 0.4) is 0 Å². The Bertz CT molecular complexity index is 748. The Balaban J connectivity index is 2.36. The molecule has 9 heteroatoms. The molecule has 2 heterocycles. The summed E-state index contributed by atoms with van der Waals surface area (Å²) in [7, 11) is 0. The summed E-state index contributed by atoms with van der Waals surface area (Å²) in [4.78, 5) is 32.2. The van der Waals surface area contributed by atoms with Gasteiger partial charge in [-0.2, -0.15) is 0 Å². The van der Waals surface area contributed by atoms with E-state index in [0.29, 0.717) is 5.76 Å². The zero-order chi connectivity index (χ0) is 14.9. The molecule has 0 atom stereocenters. The van der Waals surface area contributed by atoms with Crippen LogP contribution in [0.4, 0.5) is 5.69 Å². The second-order valence-corrected chi connectivity index (χ2v) is 4.71. The van der Waals surface area contributed by atoms with Gasteiger partial charge in [0.25, 0.3) is 5.43 Å². The van der Waals surface area contributed by atoms with Gasteiger partial charge in [0.2, 0.25) is 0 Å². The zero-order valence-electron chi connectivity index (χ0n) is 9.78. The third-order valence-electron chi connectivity index (χ3n) is 2.45. The normalized spacial score (nSPS) is 10.4. The van der Waals surface area contributed by atoms with Crippen molar-refractivity contribution in [1.29, 1.82) is 0 Å². The Hall–Kier alpha value is -2.42. The average molecular weight is 343 g/mol. The monoisotopic (exact) mass is 342 g/mol. The van der Waals surface area contributed by atoms with Crippen LogP contribution in [0.15, 0.2) is 38.4 Å². The van der Waals surface area contributed by atoms with Gasteiger partial charge in [-0.05, 0) is 22.0 Å². The predicted octanol–water partition coefficient (Wildman–Crippen LogP) is 1.86. The highest BCUT2D eigenvalue weighted by Crippen LogP contribution is 2.14. The molecule has 0 saturated heterocycles. The molecular formula is C11H7BrN2O6. The van der Waals surface area contributed by atoms with Gasteiger partial charge in [-0.3, -0.25) is 14.9 Å². The van der Waals surface area contributed by atoms with E-state index in [-0.39, 0.29) is 16.6 Å². The van der Waals surface area contributed by atoms with Gasteiger partial charge >= 0.3 is 11.7 Å². The molecule has 1 N–H and O–H groups in total. The number of halogens is 1. The summed E-state index contributed by atoms with van der Waals surface area (Å²) >= 11 is 2.94. The molecule has 0 bridgehead atoms. The molecule has 20 heavy (non-hydrogen) atoms. The highest BCUT2D eigenvalue weighted by atomic mass is 79.9. The quantitative estimate of drug-likeness (QED) is 0.669. The lowest BCUT2D eigenvalue weighted by molar-refractivity contribution is -0.386. The largest absolute Gasteiger partial charge is 0.478 e. The molecule has 2 rings (SSSR count). The topological polar surface area (TPSA) is 116 Å². The van der Waals surface area contributed by atoms with Crippen LogP contribution in [0.5, 0.6) is 0 Å². The minimum absolute atomic E-state index is 0.0189. The van der Waals surface area contributed by atoms with Crippen molar-refractivity contribution in [2.24, 2.45) is 0 Å². The van der Waals surface area contributed by atoms with E-state index in [0.717, 1.165) is 12.5 Å². The Kier molecular flexibility index (Phi) is 3.70. The van der Waals surface area contributed by atoms with E-state index in [1.165, 1.54) is 16.8 Å². The number of nitrogens with zero attached hydrogens (tertiary/aromatic N) is 2. The second kappa shape index (κ2) is 5.29. The van der Waals surface area contributed by atoms with E-state index in [1.54, 1.807) is 0 Å². The number of pyridine rings is 1. The number of rotatable bonds is 4. The first-order chi connectivity index (χ1) is 9.38. The van der Waals surface area contributed by atoms with Crippen LogP contribution >= 0.6 is 15.9 Å². The summed E-state index contributed by atoms with van der Waals surface area (Å²) in [5.41, 5.74) is -1.32. The van der Waals surface area contributed by atoms with E-state index < -0.39 is 22.0 Å². The molecule has 0 aliphatic carbocycles. The minimum atomic E-state index is -1.13. The molecule has 104 valence electrons. The molecule has 2 aromatic rings. The van der Waals surface area contributed by atoms with E-state index in [4.69, 9.17) is 9.52 Å². The van der Waals surface area contributed by atoms with Crippen LogP contribution in [0.1, 0.15) is 16.1 Å². The summed E-state index contributed by atoms with van der Waals surface area (Å²) in [6.45, 7) is 0.0625. The summed E-state index contributed by atoms with van der Waals surface area (Å²) in [6.07, 6.45) is 3.50. The Morgan fingerprint density at radius 2 is 2.20 bits per heavy atom. The van der Waals surface area contributed by atoms with Crippen molar-refractivity contribution in [3.8, 4) is 0 Å². The SMILES string of the molecule is O=C(O)c1coc(Cn2cc(Br)c(=O)c([N+](=O)[O-])c2)c1. The van der Waals surface area contributed by atoms with Crippen LogP contribution < -0.4 is 5.43 Å². The van der Waals surface area contributed by atoms with Gasteiger partial charge in [0.15, 0.2) is 0 Å². The zero-order valence-corrected chi connectivity index (χ0v) is 11.4. The molecule has 0 amide bonds. The first kappa shape index (κ1) is 14.0. The lowest BCUT2D eigenvalue weighted by Crippen LogP contribution is -2.13. The van der Waals surface area contributed by atoms with Crippen LogP contribution in [-0.4, -0.2) is 20.6 Å². The van der Waals surface area contributed by atoms with Gasteiger partial charge in [0.05, 0.1) is 27.7 Å². The summed E-state index contributed by atoms with van der Waals surface area (Å²) in [5.74, 6) is -0.834. The van der Waals surface area contributed by atoms with Crippen LogP contribution in [0.25, 0.3) is 0 Å². The van der Waals surface area contributed by atoms with Crippen molar-refractivity contribution >= 4 is 27.6 Å². The highest BCUT2D eigenvalue weighted by Gasteiger charge is 2.16. The molecule has 0 unspecified atom stereocenters. The number of hydrogen-bond acceptors (Lipinski definition) is 5. The maximum atomic E-state index is 11.5. The Labute approximate surface area is 119 Å². The van der Waals surface area contributed by atoms with E-state index in [2.05, 4.69) is 15.9 Å². The lowest BCUT2D eigenvalue weighted by Gasteiger charge is -2.04. The molecule has 0 aromatic carbocycles. The first-order valence-corrected chi connectivity index (χ1v) is 6.02. The van der Waals surface area contributed by atoms with Crippen LogP contribution in [0, 0.1) is 10.1 Å². The second-order valence-electron chi connectivity index (χ2n) is 3.86. The molecule has 0 saturated carbocycles. The number of carboxylic acids is 1. The Morgan fingerprint density at radius 1 is 1.50 bits per heavy atom. The fraction of sp³-hybridized carbons (Fsp3) is 0.0909. The maximum absolute atomic E-state index is 11.5. The van der Waals surface area contributed by atoms with Crippen molar-refractivity contribution in [2.75, 3.05) is 0 Å². The standard InChI is InChI=1S/C11H7BrN2O6/c12-8-3-13(4-9(10(8)15)14(18)19)2-7-1-6(5-20-7)11(16)17/h1,3-5H,2H2,(H,16,17). The van der Waals surface area contributed by atoms with Gasteiger partial charge in [0.1, 0.15) is 12.0 Å². The third-order valence-corrected chi connectivity index (χ3v) is 3.02. The number of nitro groups is 1. The maximum Gasteiger partial charge on any atom is 0.338 e. The van der Waals surface area contributed by atoms with Crippen molar-refractivity contribution in [2.45, 2.75) is 6.54 Å². The lowest BCUT2D eigenvalue weighted by atomic mass is 10.3. The summed E-state index contributed by atoms with van der Waals surface area (Å²) in [5, 5.41) is 19.5. The van der Waals surface area contributed by atoms with Crippen molar-refractivity contribution < 1.29 is 19.2 Å². The molecule has 0 spiro atoms. The predicted molar refractivity (Wildman–Crippen MR) is 69.8 cm³/mol.